The summed E-state index contributed by atoms with van der Waals surface area (Å²) in [5.41, 5.74) is 1.99. The summed E-state index contributed by atoms with van der Waals surface area (Å²) >= 11 is 0. The van der Waals surface area contributed by atoms with Crippen molar-refractivity contribution in [1.82, 2.24) is 0 Å². The predicted molar refractivity (Wildman–Crippen MR) is 113 cm³/mol. The highest BCUT2D eigenvalue weighted by Crippen LogP contribution is 2.24. The zero-order valence-electron chi connectivity index (χ0n) is 16.7. The minimum absolute atomic E-state index is 0.467. The second-order valence-electron chi connectivity index (χ2n) is 5.70. The standard InChI is InChI=1S/C24H22O6/c1-3-5-23(25)29-17-15-27-21-11-7-19(8-12-21)20-9-13-22(14-10-20)28-16-18-30-24(26)6-4-2/h3-18H,1-2H3/b5-3+,6-4+,17-15-,18-16-. The van der Waals surface area contributed by atoms with Crippen LogP contribution in [0.2, 0.25) is 0 Å². The first-order chi connectivity index (χ1) is 14.6. The molecule has 0 aliphatic rings. The fourth-order valence-corrected chi connectivity index (χ4v) is 2.21. The lowest BCUT2D eigenvalue weighted by Crippen LogP contribution is -1.93. The number of ether oxygens (including phenoxy) is 4. The summed E-state index contributed by atoms with van der Waals surface area (Å²) < 4.78 is 20.3. The van der Waals surface area contributed by atoms with Gasteiger partial charge < -0.3 is 18.9 Å². The smallest absolute Gasteiger partial charge is 0.335 e. The third-order valence-electron chi connectivity index (χ3n) is 3.54. The van der Waals surface area contributed by atoms with E-state index in [9.17, 15) is 9.59 Å². The first kappa shape index (κ1) is 22.2. The van der Waals surface area contributed by atoms with Gasteiger partial charge in [0.2, 0.25) is 0 Å². The number of benzene rings is 2. The Morgan fingerprint density at radius 1 is 0.600 bits per heavy atom. The van der Waals surface area contributed by atoms with Gasteiger partial charge in [0.15, 0.2) is 0 Å². The van der Waals surface area contributed by atoms with Crippen LogP contribution in [0.3, 0.4) is 0 Å². The lowest BCUT2D eigenvalue weighted by molar-refractivity contribution is -0.133. The van der Waals surface area contributed by atoms with Gasteiger partial charge in [-0.2, -0.15) is 0 Å². The van der Waals surface area contributed by atoms with E-state index in [2.05, 4.69) is 0 Å². The Labute approximate surface area is 175 Å². The molecule has 0 amide bonds. The Hall–Kier alpha value is -4.06. The minimum atomic E-state index is -0.467. The van der Waals surface area contributed by atoms with Crippen molar-refractivity contribution in [2.24, 2.45) is 0 Å². The molecule has 0 aliphatic heterocycles. The first-order valence-electron chi connectivity index (χ1n) is 9.13. The van der Waals surface area contributed by atoms with Crippen LogP contribution in [0.4, 0.5) is 0 Å². The molecule has 154 valence electrons. The van der Waals surface area contributed by atoms with Crippen molar-refractivity contribution in [2.75, 3.05) is 0 Å². The van der Waals surface area contributed by atoms with Gasteiger partial charge in [0.05, 0.1) is 0 Å². The molecule has 0 fully saturated rings. The average molecular weight is 406 g/mol. The van der Waals surface area contributed by atoms with Crippen molar-refractivity contribution in [3.05, 3.63) is 97.9 Å². The van der Waals surface area contributed by atoms with Gasteiger partial charge in [-0.15, -0.1) is 0 Å². The van der Waals surface area contributed by atoms with E-state index in [4.69, 9.17) is 18.9 Å². The summed E-state index contributed by atoms with van der Waals surface area (Å²) in [6, 6.07) is 14.9. The monoisotopic (exact) mass is 406 g/mol. The third kappa shape index (κ3) is 7.90. The molecule has 2 rings (SSSR count). The molecule has 2 aromatic carbocycles. The molecular formula is C24H22O6. The van der Waals surface area contributed by atoms with E-state index in [0.717, 1.165) is 11.1 Å². The lowest BCUT2D eigenvalue weighted by atomic mass is 10.1. The highest BCUT2D eigenvalue weighted by atomic mass is 16.5. The van der Waals surface area contributed by atoms with Gasteiger partial charge in [0.25, 0.3) is 0 Å². The van der Waals surface area contributed by atoms with E-state index < -0.39 is 11.9 Å². The molecule has 6 heteroatoms. The molecule has 0 N–H and O–H groups in total. The van der Waals surface area contributed by atoms with Crippen molar-refractivity contribution < 1.29 is 28.5 Å². The van der Waals surface area contributed by atoms with Crippen molar-refractivity contribution in [3.63, 3.8) is 0 Å². The van der Waals surface area contributed by atoms with E-state index in [1.807, 2.05) is 24.3 Å². The maximum atomic E-state index is 11.2. The Morgan fingerprint density at radius 2 is 0.967 bits per heavy atom. The molecule has 0 aliphatic carbocycles. The van der Waals surface area contributed by atoms with E-state index in [0.29, 0.717) is 11.5 Å². The Morgan fingerprint density at radius 3 is 1.30 bits per heavy atom. The molecule has 0 atom stereocenters. The van der Waals surface area contributed by atoms with Crippen LogP contribution >= 0.6 is 0 Å². The van der Waals surface area contributed by atoms with Crippen LogP contribution in [0.15, 0.2) is 97.9 Å². The van der Waals surface area contributed by atoms with Crippen molar-refractivity contribution in [3.8, 4) is 22.6 Å². The maximum absolute atomic E-state index is 11.2. The Kier molecular flexibility index (Phi) is 9.20. The molecule has 6 nitrogen and oxygen atoms in total. The van der Waals surface area contributed by atoms with Crippen LogP contribution in [-0.2, 0) is 19.1 Å². The predicted octanol–water partition coefficient (Wildman–Crippen LogP) is 5.29. The van der Waals surface area contributed by atoms with Crippen molar-refractivity contribution in [2.45, 2.75) is 13.8 Å². The topological polar surface area (TPSA) is 71.1 Å². The summed E-state index contributed by atoms with van der Waals surface area (Å²) in [5.74, 6) is 0.278. The summed E-state index contributed by atoms with van der Waals surface area (Å²) in [7, 11) is 0. The van der Waals surface area contributed by atoms with E-state index >= 15 is 0 Å². The number of hydrogen-bond donors (Lipinski definition) is 0. The number of allylic oxidation sites excluding steroid dienone is 2. The number of hydrogen-bond acceptors (Lipinski definition) is 6. The van der Waals surface area contributed by atoms with Gasteiger partial charge >= 0.3 is 11.9 Å². The molecule has 0 unspecified atom stereocenters. The number of carbonyl (C=O) groups is 2. The number of rotatable bonds is 9. The molecule has 0 bridgehead atoms. The van der Waals surface area contributed by atoms with Crippen molar-refractivity contribution >= 4 is 11.9 Å². The summed E-state index contributed by atoms with van der Waals surface area (Å²) in [6.07, 6.45) is 10.8. The van der Waals surface area contributed by atoms with E-state index in [1.165, 1.54) is 37.2 Å². The van der Waals surface area contributed by atoms with Gasteiger partial charge in [-0.05, 0) is 49.2 Å². The quantitative estimate of drug-likeness (QED) is 0.320. The summed E-state index contributed by atoms with van der Waals surface area (Å²) in [4.78, 5) is 22.3. The Bertz CT molecular complexity index is 855. The van der Waals surface area contributed by atoms with Crippen molar-refractivity contribution in [1.29, 1.82) is 0 Å². The molecule has 0 saturated heterocycles. The molecule has 0 spiro atoms. The fourth-order valence-electron chi connectivity index (χ4n) is 2.21. The highest BCUT2D eigenvalue weighted by molar-refractivity contribution is 5.82. The van der Waals surface area contributed by atoms with Gasteiger partial charge in [0.1, 0.15) is 36.5 Å². The van der Waals surface area contributed by atoms with Gasteiger partial charge in [0, 0.05) is 12.2 Å². The zero-order chi connectivity index (χ0) is 21.6. The molecule has 0 heterocycles. The summed E-state index contributed by atoms with van der Waals surface area (Å²) in [6.45, 7) is 3.46. The second-order valence-corrected chi connectivity index (χ2v) is 5.70. The second kappa shape index (κ2) is 12.4. The summed E-state index contributed by atoms with van der Waals surface area (Å²) in [5, 5.41) is 0. The van der Waals surface area contributed by atoms with Gasteiger partial charge in [-0.3, -0.25) is 0 Å². The first-order valence-corrected chi connectivity index (χ1v) is 9.13. The lowest BCUT2D eigenvalue weighted by Gasteiger charge is -2.05. The Balaban J connectivity index is 1.86. The van der Waals surface area contributed by atoms with Crippen LogP contribution < -0.4 is 9.47 Å². The zero-order valence-corrected chi connectivity index (χ0v) is 16.7. The number of carbonyl (C=O) groups excluding carboxylic acids is 2. The fraction of sp³-hybridized carbons (Fsp3) is 0.0833. The highest BCUT2D eigenvalue weighted by Gasteiger charge is 2.00. The van der Waals surface area contributed by atoms with Crippen LogP contribution in [0.5, 0.6) is 11.5 Å². The van der Waals surface area contributed by atoms with Crippen LogP contribution in [0.25, 0.3) is 11.1 Å². The van der Waals surface area contributed by atoms with E-state index in [1.54, 1.807) is 50.3 Å². The molecule has 0 radical (unpaired) electrons. The van der Waals surface area contributed by atoms with E-state index in [-0.39, 0.29) is 0 Å². The normalized spacial score (nSPS) is 11.4. The maximum Gasteiger partial charge on any atom is 0.335 e. The molecular weight excluding hydrogens is 384 g/mol. The molecule has 0 saturated carbocycles. The largest absolute Gasteiger partial charge is 0.462 e. The van der Waals surface area contributed by atoms with Crippen LogP contribution in [-0.4, -0.2) is 11.9 Å². The number of esters is 2. The molecule has 30 heavy (non-hydrogen) atoms. The SMILES string of the molecule is C/C=C/C(=O)O/C=C\Oc1ccc(-c2ccc(O/C=C\OC(=O)/C=C/C)cc2)cc1. The van der Waals surface area contributed by atoms with Gasteiger partial charge in [-0.1, -0.05) is 36.4 Å². The average Bonchev–Trinajstić information content (AvgIpc) is 2.76. The minimum Gasteiger partial charge on any atom is -0.462 e. The van der Waals surface area contributed by atoms with Crippen LogP contribution in [0, 0.1) is 0 Å². The third-order valence-corrected chi connectivity index (χ3v) is 3.54. The molecule has 0 aromatic heterocycles. The van der Waals surface area contributed by atoms with Gasteiger partial charge in [-0.25, -0.2) is 9.59 Å². The van der Waals surface area contributed by atoms with Crippen LogP contribution in [0.1, 0.15) is 13.8 Å². The molecule has 2 aromatic rings.